The molecule has 0 aromatic heterocycles. The number of carboxylic acid groups (broad SMARTS) is 1. The van der Waals surface area contributed by atoms with Gasteiger partial charge in [-0.25, -0.2) is 4.79 Å². The Bertz CT molecular complexity index is 892. The summed E-state index contributed by atoms with van der Waals surface area (Å²) >= 11 is 0. The van der Waals surface area contributed by atoms with E-state index in [0.29, 0.717) is 31.4 Å². The fraction of sp³-hybridized carbons (Fsp3) is 0.600. The average molecular weight is 524 g/mol. The molecule has 0 aliphatic heterocycles. The molecule has 1 aromatic carbocycles. The first-order valence-corrected chi connectivity index (χ1v) is 12.4. The average Bonchev–Trinajstić information content (AvgIpc) is 2.81. The van der Waals surface area contributed by atoms with Crippen LogP contribution in [0.2, 0.25) is 0 Å². The SMILES string of the molecule is CC(C)CC(N)C(=O)NC(C(=O)NC(CCCCN)C(=O)NC(Cc1ccc(O)cc1)C(=O)O)C(C)O. The first-order valence-electron chi connectivity index (χ1n) is 12.4. The predicted octanol–water partition coefficient (Wildman–Crippen LogP) is -0.643. The molecule has 0 fully saturated rings. The number of nitrogens with one attached hydrogen (secondary N) is 3. The number of hydrogen-bond donors (Lipinski definition) is 8. The standard InChI is InChI=1S/C25H41N5O7/c1-14(2)12-18(27)22(33)30-21(15(3)31)24(35)28-19(6-4-5-11-26)23(34)29-20(25(36)37)13-16-7-9-17(32)10-8-16/h7-10,14-15,18-21,31-32H,4-6,11-13,26-27H2,1-3H3,(H,28,35)(H,29,34)(H,30,33)(H,36,37). The molecule has 208 valence electrons. The number of phenols is 1. The van der Waals surface area contributed by atoms with Gasteiger partial charge in [-0.05, 0) is 62.8 Å². The molecule has 3 amide bonds. The molecule has 0 bridgehead atoms. The van der Waals surface area contributed by atoms with Crippen molar-refractivity contribution in [2.24, 2.45) is 17.4 Å². The number of hydrogen-bond acceptors (Lipinski definition) is 8. The quantitative estimate of drug-likeness (QED) is 0.129. The Kier molecular flexibility index (Phi) is 13.6. The number of amides is 3. The summed E-state index contributed by atoms with van der Waals surface area (Å²) in [5.41, 5.74) is 12.0. The minimum Gasteiger partial charge on any atom is -0.508 e. The fourth-order valence-electron chi connectivity index (χ4n) is 3.64. The van der Waals surface area contributed by atoms with E-state index in [0.717, 1.165) is 0 Å². The highest BCUT2D eigenvalue weighted by Crippen LogP contribution is 2.12. The molecule has 0 saturated carbocycles. The van der Waals surface area contributed by atoms with E-state index in [1.807, 2.05) is 13.8 Å². The lowest BCUT2D eigenvalue weighted by Gasteiger charge is -2.26. The molecule has 0 radical (unpaired) electrons. The van der Waals surface area contributed by atoms with Crippen molar-refractivity contribution in [1.29, 1.82) is 0 Å². The molecule has 0 heterocycles. The number of aliphatic hydroxyl groups excluding tert-OH is 1. The number of aliphatic hydroxyl groups is 1. The fourth-order valence-corrected chi connectivity index (χ4v) is 3.64. The Hall–Kier alpha value is -3.22. The molecule has 1 rings (SSSR count). The molecule has 1 aromatic rings. The molecular weight excluding hydrogens is 482 g/mol. The van der Waals surface area contributed by atoms with Crippen LogP contribution in [0.15, 0.2) is 24.3 Å². The first-order chi connectivity index (χ1) is 17.3. The number of phenolic OH excluding ortho intramolecular Hbond substituents is 1. The second-order valence-electron chi connectivity index (χ2n) is 9.58. The van der Waals surface area contributed by atoms with Crippen LogP contribution in [-0.2, 0) is 25.6 Å². The van der Waals surface area contributed by atoms with Crippen LogP contribution in [0.5, 0.6) is 5.75 Å². The van der Waals surface area contributed by atoms with Gasteiger partial charge in [0, 0.05) is 6.42 Å². The summed E-state index contributed by atoms with van der Waals surface area (Å²) in [4.78, 5) is 50.3. The van der Waals surface area contributed by atoms with Crippen LogP contribution < -0.4 is 27.4 Å². The van der Waals surface area contributed by atoms with Crippen LogP contribution in [-0.4, -0.2) is 75.8 Å². The number of carbonyl (C=O) groups is 4. The molecule has 5 atom stereocenters. The van der Waals surface area contributed by atoms with E-state index in [-0.39, 0.29) is 24.5 Å². The van der Waals surface area contributed by atoms with Gasteiger partial charge < -0.3 is 42.7 Å². The number of aromatic hydroxyl groups is 1. The largest absolute Gasteiger partial charge is 0.508 e. The van der Waals surface area contributed by atoms with Crippen molar-refractivity contribution in [2.45, 2.75) is 83.1 Å². The zero-order chi connectivity index (χ0) is 28.1. The number of carboxylic acids is 1. The van der Waals surface area contributed by atoms with Gasteiger partial charge in [-0.15, -0.1) is 0 Å². The van der Waals surface area contributed by atoms with E-state index >= 15 is 0 Å². The van der Waals surface area contributed by atoms with Crippen LogP contribution in [0.4, 0.5) is 0 Å². The third-order valence-corrected chi connectivity index (χ3v) is 5.70. The Morgan fingerprint density at radius 3 is 2.00 bits per heavy atom. The van der Waals surface area contributed by atoms with Gasteiger partial charge in [0.05, 0.1) is 12.1 Å². The number of carbonyl (C=O) groups excluding carboxylic acids is 3. The molecule has 0 aliphatic rings. The lowest BCUT2D eigenvalue weighted by Crippen LogP contribution is -2.60. The van der Waals surface area contributed by atoms with Crippen LogP contribution in [0.3, 0.4) is 0 Å². The zero-order valence-corrected chi connectivity index (χ0v) is 21.6. The van der Waals surface area contributed by atoms with Gasteiger partial charge in [0.25, 0.3) is 0 Å². The van der Waals surface area contributed by atoms with E-state index in [9.17, 15) is 34.5 Å². The molecule has 37 heavy (non-hydrogen) atoms. The van der Waals surface area contributed by atoms with Gasteiger partial charge >= 0.3 is 5.97 Å². The van der Waals surface area contributed by atoms with E-state index in [2.05, 4.69) is 16.0 Å². The van der Waals surface area contributed by atoms with Crippen molar-refractivity contribution < 1.29 is 34.5 Å². The van der Waals surface area contributed by atoms with Crippen LogP contribution in [0, 0.1) is 5.92 Å². The summed E-state index contributed by atoms with van der Waals surface area (Å²) in [5, 5.41) is 36.6. The maximum Gasteiger partial charge on any atom is 0.326 e. The van der Waals surface area contributed by atoms with Crippen LogP contribution in [0.25, 0.3) is 0 Å². The highest BCUT2D eigenvalue weighted by atomic mass is 16.4. The summed E-state index contributed by atoms with van der Waals surface area (Å²) < 4.78 is 0. The van der Waals surface area contributed by atoms with Gasteiger partial charge in [0.2, 0.25) is 17.7 Å². The van der Waals surface area contributed by atoms with Crippen molar-refractivity contribution in [3.05, 3.63) is 29.8 Å². The number of rotatable bonds is 16. The zero-order valence-electron chi connectivity index (χ0n) is 21.6. The topological polar surface area (TPSA) is 217 Å². The Balaban J connectivity index is 2.99. The predicted molar refractivity (Wildman–Crippen MR) is 137 cm³/mol. The summed E-state index contributed by atoms with van der Waals surface area (Å²) in [7, 11) is 0. The minimum absolute atomic E-state index is 0.0206. The summed E-state index contributed by atoms with van der Waals surface area (Å²) in [5.74, 6) is -3.27. The summed E-state index contributed by atoms with van der Waals surface area (Å²) in [6.07, 6.45) is 0.232. The van der Waals surface area contributed by atoms with Crippen molar-refractivity contribution in [3.63, 3.8) is 0 Å². The molecule has 12 heteroatoms. The maximum atomic E-state index is 13.0. The molecule has 12 nitrogen and oxygen atoms in total. The van der Waals surface area contributed by atoms with E-state index in [1.54, 1.807) is 0 Å². The molecule has 0 saturated heterocycles. The highest BCUT2D eigenvalue weighted by molar-refractivity contribution is 5.94. The van der Waals surface area contributed by atoms with Crippen molar-refractivity contribution in [1.82, 2.24) is 16.0 Å². The Morgan fingerprint density at radius 1 is 0.892 bits per heavy atom. The second-order valence-corrected chi connectivity index (χ2v) is 9.58. The second kappa shape index (κ2) is 15.8. The minimum atomic E-state index is -1.37. The number of nitrogens with two attached hydrogens (primary N) is 2. The Labute approximate surface area is 217 Å². The molecule has 0 spiro atoms. The highest BCUT2D eigenvalue weighted by Gasteiger charge is 2.32. The smallest absolute Gasteiger partial charge is 0.326 e. The van der Waals surface area contributed by atoms with Gasteiger partial charge in [0.15, 0.2) is 0 Å². The first kappa shape index (κ1) is 31.8. The third kappa shape index (κ3) is 11.6. The molecule has 5 unspecified atom stereocenters. The lowest BCUT2D eigenvalue weighted by molar-refractivity contribution is -0.142. The van der Waals surface area contributed by atoms with Gasteiger partial charge in [-0.3, -0.25) is 14.4 Å². The van der Waals surface area contributed by atoms with E-state index in [1.165, 1.54) is 31.2 Å². The van der Waals surface area contributed by atoms with Crippen LogP contribution >= 0.6 is 0 Å². The lowest BCUT2D eigenvalue weighted by atomic mass is 10.0. The molecule has 10 N–H and O–H groups in total. The van der Waals surface area contributed by atoms with E-state index < -0.39 is 54.0 Å². The Morgan fingerprint density at radius 2 is 1.49 bits per heavy atom. The summed E-state index contributed by atoms with van der Waals surface area (Å²) in [6.45, 7) is 5.46. The molecular formula is C25H41N5O7. The number of aliphatic carboxylic acids is 1. The van der Waals surface area contributed by atoms with Gasteiger partial charge in [-0.1, -0.05) is 26.0 Å². The van der Waals surface area contributed by atoms with Gasteiger partial charge in [-0.2, -0.15) is 0 Å². The van der Waals surface area contributed by atoms with E-state index in [4.69, 9.17) is 11.5 Å². The number of benzene rings is 1. The maximum absolute atomic E-state index is 13.0. The third-order valence-electron chi connectivity index (χ3n) is 5.70. The summed E-state index contributed by atoms with van der Waals surface area (Å²) in [6, 6.07) is 1.20. The number of unbranched alkanes of at least 4 members (excludes halogenated alkanes) is 1. The van der Waals surface area contributed by atoms with Crippen molar-refractivity contribution in [3.8, 4) is 5.75 Å². The van der Waals surface area contributed by atoms with Crippen molar-refractivity contribution in [2.75, 3.05) is 6.54 Å². The van der Waals surface area contributed by atoms with Gasteiger partial charge in [0.1, 0.15) is 23.9 Å². The normalized spacial score (nSPS) is 15.2. The molecule has 0 aliphatic carbocycles. The monoisotopic (exact) mass is 523 g/mol. The van der Waals surface area contributed by atoms with Crippen molar-refractivity contribution >= 4 is 23.7 Å². The van der Waals surface area contributed by atoms with Crippen LogP contribution in [0.1, 0.15) is 52.0 Å².